The molecule has 0 bridgehead atoms. The van der Waals surface area contributed by atoms with Crippen LogP contribution in [0.4, 0.5) is 0 Å². The van der Waals surface area contributed by atoms with E-state index in [2.05, 4.69) is 22.2 Å². The number of rotatable bonds is 4. The van der Waals surface area contributed by atoms with Crippen molar-refractivity contribution in [1.82, 2.24) is 24.9 Å². The largest absolute Gasteiger partial charge is 0.480 e. The highest BCUT2D eigenvalue weighted by atomic mass is 16.5. The van der Waals surface area contributed by atoms with Crippen molar-refractivity contribution in [2.24, 2.45) is 5.92 Å². The predicted molar refractivity (Wildman–Crippen MR) is 94.0 cm³/mol. The maximum Gasteiger partial charge on any atom is 0.257 e. The Morgan fingerprint density at radius 3 is 2.80 bits per heavy atom. The lowest BCUT2D eigenvalue weighted by Gasteiger charge is -2.20. The summed E-state index contributed by atoms with van der Waals surface area (Å²) < 4.78 is 6.74. The van der Waals surface area contributed by atoms with Crippen LogP contribution in [0.5, 0.6) is 5.88 Å². The Bertz CT molecular complexity index is 726. The van der Waals surface area contributed by atoms with Crippen LogP contribution in [0, 0.1) is 5.92 Å². The van der Waals surface area contributed by atoms with Gasteiger partial charge in [0.2, 0.25) is 5.88 Å². The zero-order valence-corrected chi connectivity index (χ0v) is 15.1. The Balaban J connectivity index is 1.87. The van der Waals surface area contributed by atoms with E-state index in [-0.39, 0.29) is 5.91 Å². The van der Waals surface area contributed by atoms with Crippen LogP contribution in [0.3, 0.4) is 0 Å². The zero-order chi connectivity index (χ0) is 17.8. The topological polar surface area (TPSA) is 73.1 Å². The number of ether oxygens (including phenoxy) is 1. The standard InChI is InChI=1S/C18H25N5O2/c1-4-15-14(18(24)22-10-5-6-13(2)9-11-22)12-19-23(15)16-7-8-17(25-3)21-20-16/h7-8,12-13H,4-6,9-11H2,1-3H3/t13-/m1/s1. The van der Waals surface area contributed by atoms with Crippen LogP contribution in [0.25, 0.3) is 5.82 Å². The normalized spacial score (nSPS) is 18.0. The van der Waals surface area contributed by atoms with Gasteiger partial charge in [0.15, 0.2) is 5.82 Å². The van der Waals surface area contributed by atoms with Crippen LogP contribution < -0.4 is 4.74 Å². The van der Waals surface area contributed by atoms with Crippen molar-refractivity contribution in [2.45, 2.75) is 39.5 Å². The number of likely N-dealkylation sites (tertiary alicyclic amines) is 1. The minimum Gasteiger partial charge on any atom is -0.480 e. The fraction of sp³-hybridized carbons (Fsp3) is 0.556. The zero-order valence-electron chi connectivity index (χ0n) is 15.1. The third-order valence-electron chi connectivity index (χ3n) is 4.79. The van der Waals surface area contributed by atoms with Gasteiger partial charge in [-0.1, -0.05) is 13.8 Å². The molecule has 0 N–H and O–H groups in total. The number of carbonyl (C=O) groups excluding carboxylic acids is 1. The van der Waals surface area contributed by atoms with Crippen LogP contribution in [0.2, 0.25) is 0 Å². The molecule has 0 saturated carbocycles. The van der Waals surface area contributed by atoms with Crippen molar-refractivity contribution in [3.05, 3.63) is 29.6 Å². The molecule has 1 aliphatic rings. The molecule has 7 heteroatoms. The first-order valence-electron chi connectivity index (χ1n) is 8.88. The molecule has 1 saturated heterocycles. The van der Waals surface area contributed by atoms with Gasteiger partial charge < -0.3 is 9.64 Å². The van der Waals surface area contributed by atoms with Gasteiger partial charge in [-0.25, -0.2) is 4.68 Å². The van der Waals surface area contributed by atoms with Crippen molar-refractivity contribution in [2.75, 3.05) is 20.2 Å². The number of aromatic nitrogens is 4. The van der Waals surface area contributed by atoms with E-state index in [1.165, 1.54) is 6.42 Å². The molecule has 1 fully saturated rings. The number of amides is 1. The highest BCUT2D eigenvalue weighted by Gasteiger charge is 2.24. The summed E-state index contributed by atoms with van der Waals surface area (Å²) in [4.78, 5) is 15.0. The van der Waals surface area contributed by atoms with Crippen LogP contribution in [0.15, 0.2) is 18.3 Å². The second-order valence-electron chi connectivity index (χ2n) is 6.53. The van der Waals surface area contributed by atoms with Gasteiger partial charge in [-0.2, -0.15) is 5.10 Å². The van der Waals surface area contributed by atoms with Crippen LogP contribution in [-0.2, 0) is 6.42 Å². The molecular formula is C18H25N5O2. The molecule has 3 rings (SSSR count). The van der Waals surface area contributed by atoms with E-state index in [1.807, 2.05) is 11.8 Å². The van der Waals surface area contributed by atoms with Gasteiger partial charge in [-0.05, 0) is 37.7 Å². The van der Waals surface area contributed by atoms with Crippen LogP contribution in [-0.4, -0.2) is 51.0 Å². The average molecular weight is 343 g/mol. The first-order valence-corrected chi connectivity index (χ1v) is 8.88. The monoisotopic (exact) mass is 343 g/mol. The molecule has 0 unspecified atom stereocenters. The number of methoxy groups -OCH3 is 1. The lowest BCUT2D eigenvalue weighted by atomic mass is 10.0. The van der Waals surface area contributed by atoms with Gasteiger partial charge in [0.25, 0.3) is 5.91 Å². The molecular weight excluding hydrogens is 318 g/mol. The maximum absolute atomic E-state index is 13.0. The van der Waals surface area contributed by atoms with Gasteiger partial charge in [-0.15, -0.1) is 10.2 Å². The summed E-state index contributed by atoms with van der Waals surface area (Å²) in [5.74, 6) is 1.78. The summed E-state index contributed by atoms with van der Waals surface area (Å²) in [6.45, 7) is 5.91. The highest BCUT2D eigenvalue weighted by molar-refractivity contribution is 5.95. The van der Waals surface area contributed by atoms with Crippen molar-refractivity contribution < 1.29 is 9.53 Å². The van der Waals surface area contributed by atoms with Gasteiger partial charge in [0.1, 0.15) is 0 Å². The Kier molecular flexibility index (Phi) is 5.31. The SMILES string of the molecule is CCc1c(C(=O)N2CCC[C@@H](C)CC2)cnn1-c1ccc(OC)nn1. The Hall–Kier alpha value is -2.44. The van der Waals surface area contributed by atoms with Gasteiger partial charge in [0, 0.05) is 19.2 Å². The lowest BCUT2D eigenvalue weighted by Crippen LogP contribution is -2.32. The number of hydrogen-bond acceptors (Lipinski definition) is 5. The minimum atomic E-state index is 0.0682. The quantitative estimate of drug-likeness (QED) is 0.853. The lowest BCUT2D eigenvalue weighted by molar-refractivity contribution is 0.0759. The fourth-order valence-electron chi connectivity index (χ4n) is 3.26. The van der Waals surface area contributed by atoms with E-state index in [0.717, 1.165) is 31.6 Å². The first kappa shape index (κ1) is 17.4. The predicted octanol–water partition coefficient (Wildman–Crippen LogP) is 2.50. The van der Waals surface area contributed by atoms with Crippen molar-refractivity contribution >= 4 is 5.91 Å². The second kappa shape index (κ2) is 7.63. The highest BCUT2D eigenvalue weighted by Crippen LogP contribution is 2.21. The van der Waals surface area contributed by atoms with Gasteiger partial charge in [0.05, 0.1) is 24.6 Å². The summed E-state index contributed by atoms with van der Waals surface area (Å²) >= 11 is 0. The van der Waals surface area contributed by atoms with E-state index in [9.17, 15) is 4.79 Å². The number of hydrogen-bond donors (Lipinski definition) is 0. The van der Waals surface area contributed by atoms with E-state index in [4.69, 9.17) is 4.74 Å². The molecule has 1 atom stereocenters. The Morgan fingerprint density at radius 2 is 2.12 bits per heavy atom. The maximum atomic E-state index is 13.0. The smallest absolute Gasteiger partial charge is 0.257 e. The molecule has 2 aromatic rings. The molecule has 0 spiro atoms. The summed E-state index contributed by atoms with van der Waals surface area (Å²) in [7, 11) is 1.55. The van der Waals surface area contributed by atoms with Crippen LogP contribution in [0.1, 0.15) is 49.2 Å². The molecule has 2 aromatic heterocycles. The molecule has 0 aliphatic carbocycles. The molecule has 134 valence electrons. The molecule has 7 nitrogen and oxygen atoms in total. The van der Waals surface area contributed by atoms with E-state index >= 15 is 0 Å². The van der Waals surface area contributed by atoms with E-state index in [1.54, 1.807) is 30.1 Å². The molecule has 0 aromatic carbocycles. The Morgan fingerprint density at radius 1 is 1.28 bits per heavy atom. The molecule has 0 radical (unpaired) electrons. The molecule has 1 amide bonds. The van der Waals surface area contributed by atoms with E-state index < -0.39 is 0 Å². The van der Waals surface area contributed by atoms with Crippen LogP contribution >= 0.6 is 0 Å². The molecule has 25 heavy (non-hydrogen) atoms. The number of carbonyl (C=O) groups is 1. The summed E-state index contributed by atoms with van der Waals surface area (Å²) in [5, 5.41) is 12.5. The minimum absolute atomic E-state index is 0.0682. The summed E-state index contributed by atoms with van der Waals surface area (Å²) in [6.07, 6.45) is 5.66. The third kappa shape index (κ3) is 3.65. The second-order valence-corrected chi connectivity index (χ2v) is 6.53. The fourth-order valence-corrected chi connectivity index (χ4v) is 3.26. The Labute approximate surface area is 148 Å². The van der Waals surface area contributed by atoms with Gasteiger partial charge in [-0.3, -0.25) is 4.79 Å². The third-order valence-corrected chi connectivity index (χ3v) is 4.79. The first-order chi connectivity index (χ1) is 12.1. The van der Waals surface area contributed by atoms with Crippen molar-refractivity contribution in [3.63, 3.8) is 0 Å². The molecule has 3 heterocycles. The van der Waals surface area contributed by atoms with Gasteiger partial charge >= 0.3 is 0 Å². The number of nitrogens with zero attached hydrogens (tertiary/aromatic N) is 5. The van der Waals surface area contributed by atoms with Crippen molar-refractivity contribution in [1.29, 1.82) is 0 Å². The van der Waals surface area contributed by atoms with Crippen molar-refractivity contribution in [3.8, 4) is 11.7 Å². The van der Waals surface area contributed by atoms with E-state index in [0.29, 0.717) is 29.6 Å². The molecule has 1 aliphatic heterocycles. The summed E-state index contributed by atoms with van der Waals surface area (Å²) in [5.41, 5.74) is 1.52. The summed E-state index contributed by atoms with van der Waals surface area (Å²) in [6, 6.07) is 3.53. The average Bonchev–Trinajstić information content (AvgIpc) is 2.95.